The van der Waals surface area contributed by atoms with Crippen LogP contribution in [0.3, 0.4) is 0 Å². The molecular formula is C25H26N4O4S. The maximum absolute atomic E-state index is 13.0. The summed E-state index contributed by atoms with van der Waals surface area (Å²) in [6.07, 6.45) is 3.45. The number of hydrogen-bond donors (Lipinski definition) is 1. The zero-order valence-corrected chi connectivity index (χ0v) is 19.8. The fraction of sp³-hybridized carbons (Fsp3) is 0.400. The molecule has 4 aromatic rings. The number of ether oxygens (including phenoxy) is 2. The molecule has 0 unspecified atom stereocenters. The number of benzene rings is 1. The van der Waals surface area contributed by atoms with Crippen molar-refractivity contribution in [3.05, 3.63) is 62.9 Å². The first-order valence-corrected chi connectivity index (χ1v) is 12.5. The Kier molecular flexibility index (Phi) is 5.38. The number of methoxy groups -OCH3 is 1. The van der Waals surface area contributed by atoms with Gasteiger partial charge < -0.3 is 19.4 Å². The van der Waals surface area contributed by atoms with Crippen LogP contribution in [0.4, 0.5) is 0 Å². The zero-order valence-electron chi connectivity index (χ0n) is 19.0. The summed E-state index contributed by atoms with van der Waals surface area (Å²) >= 11 is 1.38. The Morgan fingerprint density at radius 3 is 3.03 bits per heavy atom. The first kappa shape index (κ1) is 21.4. The number of pyridine rings is 1. The Morgan fingerprint density at radius 1 is 1.24 bits per heavy atom. The van der Waals surface area contributed by atoms with Crippen LogP contribution in [0.2, 0.25) is 0 Å². The molecule has 8 nitrogen and oxygen atoms in total. The van der Waals surface area contributed by atoms with E-state index in [1.807, 2.05) is 30.3 Å². The van der Waals surface area contributed by atoms with E-state index < -0.39 is 0 Å². The summed E-state index contributed by atoms with van der Waals surface area (Å²) in [7, 11) is 1.71. The molecule has 0 amide bonds. The number of aromatic nitrogens is 3. The first-order chi connectivity index (χ1) is 16.6. The van der Waals surface area contributed by atoms with Gasteiger partial charge in [0.25, 0.3) is 5.56 Å². The molecule has 9 heteroatoms. The number of nitrogens with one attached hydrogen (secondary N) is 1. The van der Waals surface area contributed by atoms with Crippen molar-refractivity contribution in [2.75, 3.05) is 33.4 Å². The summed E-state index contributed by atoms with van der Waals surface area (Å²) in [6, 6.07) is 9.77. The molecule has 1 fully saturated rings. The second-order valence-electron chi connectivity index (χ2n) is 9.04. The number of nitrogens with zero attached hydrogens (tertiary/aromatic N) is 3. The maximum atomic E-state index is 13.0. The SMILES string of the molecule is COc1cccc2c1[C@@H]1CCN(CCCn3c(=O)[nH]c4c(sc5cccnc54)c3=O)C[C@H]1CO2. The Hall–Kier alpha value is -3.17. The summed E-state index contributed by atoms with van der Waals surface area (Å²) < 4.78 is 14.5. The van der Waals surface area contributed by atoms with Crippen LogP contribution in [-0.2, 0) is 6.54 Å². The molecule has 2 aliphatic rings. The monoisotopic (exact) mass is 478 g/mol. The van der Waals surface area contributed by atoms with E-state index in [9.17, 15) is 9.59 Å². The summed E-state index contributed by atoms with van der Waals surface area (Å²) in [5, 5.41) is 0. The molecular weight excluding hydrogens is 452 g/mol. The highest BCUT2D eigenvalue weighted by Crippen LogP contribution is 2.46. The number of likely N-dealkylation sites (tertiary alicyclic amines) is 1. The largest absolute Gasteiger partial charge is 0.496 e. The molecule has 2 atom stereocenters. The lowest BCUT2D eigenvalue weighted by Crippen LogP contribution is -2.44. The molecule has 0 aliphatic carbocycles. The molecule has 6 rings (SSSR count). The highest BCUT2D eigenvalue weighted by atomic mass is 32.1. The molecule has 1 N–H and O–H groups in total. The Labute approximate surface area is 199 Å². The van der Waals surface area contributed by atoms with Crippen LogP contribution in [0, 0.1) is 5.92 Å². The van der Waals surface area contributed by atoms with Gasteiger partial charge in [0.2, 0.25) is 0 Å². The van der Waals surface area contributed by atoms with Gasteiger partial charge in [-0.15, -0.1) is 11.3 Å². The molecule has 1 aromatic carbocycles. The van der Waals surface area contributed by atoms with Crippen molar-refractivity contribution in [1.29, 1.82) is 0 Å². The summed E-state index contributed by atoms with van der Waals surface area (Å²) in [4.78, 5) is 35.4. The maximum Gasteiger partial charge on any atom is 0.328 e. The van der Waals surface area contributed by atoms with Crippen molar-refractivity contribution in [3.8, 4) is 11.5 Å². The molecule has 34 heavy (non-hydrogen) atoms. The minimum atomic E-state index is -0.369. The van der Waals surface area contributed by atoms with Crippen molar-refractivity contribution < 1.29 is 9.47 Å². The summed E-state index contributed by atoms with van der Waals surface area (Å²) in [6.45, 7) is 3.85. The highest BCUT2D eigenvalue weighted by molar-refractivity contribution is 7.25. The molecule has 5 heterocycles. The third-order valence-electron chi connectivity index (χ3n) is 7.11. The number of thiophene rings is 1. The number of hydrogen-bond acceptors (Lipinski definition) is 7. The molecule has 0 radical (unpaired) electrons. The number of piperidine rings is 1. The van der Waals surface area contributed by atoms with E-state index in [1.165, 1.54) is 21.5 Å². The van der Waals surface area contributed by atoms with Gasteiger partial charge in [-0.1, -0.05) is 6.07 Å². The second kappa shape index (κ2) is 8.56. The average molecular weight is 479 g/mol. The zero-order chi connectivity index (χ0) is 23.2. The van der Waals surface area contributed by atoms with Gasteiger partial charge in [0, 0.05) is 30.8 Å². The van der Waals surface area contributed by atoms with Crippen molar-refractivity contribution in [1.82, 2.24) is 19.4 Å². The Bertz CT molecular complexity index is 1480. The van der Waals surface area contributed by atoms with Gasteiger partial charge >= 0.3 is 5.69 Å². The summed E-state index contributed by atoms with van der Waals surface area (Å²) in [5.74, 6) is 2.70. The minimum absolute atomic E-state index is 0.232. The van der Waals surface area contributed by atoms with Crippen molar-refractivity contribution >= 4 is 31.8 Å². The first-order valence-electron chi connectivity index (χ1n) is 11.7. The third-order valence-corrected chi connectivity index (χ3v) is 8.24. The molecule has 2 aliphatic heterocycles. The predicted octanol–water partition coefficient (Wildman–Crippen LogP) is 3.20. The van der Waals surface area contributed by atoms with Gasteiger partial charge in [-0.3, -0.25) is 14.3 Å². The molecule has 0 spiro atoms. The highest BCUT2D eigenvalue weighted by Gasteiger charge is 2.37. The minimum Gasteiger partial charge on any atom is -0.496 e. The van der Waals surface area contributed by atoms with E-state index in [4.69, 9.17) is 9.47 Å². The van der Waals surface area contributed by atoms with Gasteiger partial charge in [0.15, 0.2) is 0 Å². The standard InChI is InChI=1S/C25H26N4O4S/c1-32-17-5-2-6-18-20(17)16-8-12-28(13-15(16)14-33-18)10-4-11-29-24(30)23-22(27-25(29)31)21-19(34-23)7-3-9-26-21/h2-3,5-7,9,15-16H,4,8,10-14H2,1H3,(H,27,31)/t15-,16+/m0/s1. The van der Waals surface area contributed by atoms with Crippen LogP contribution >= 0.6 is 11.3 Å². The van der Waals surface area contributed by atoms with Crippen molar-refractivity contribution in [2.24, 2.45) is 5.92 Å². The molecule has 176 valence electrons. The number of aromatic amines is 1. The van der Waals surface area contributed by atoms with E-state index in [2.05, 4.69) is 14.9 Å². The quantitative estimate of drug-likeness (QED) is 0.474. The third kappa shape index (κ3) is 3.50. The van der Waals surface area contributed by atoms with E-state index >= 15 is 0 Å². The number of fused-ring (bicyclic) bond motifs is 6. The lowest BCUT2D eigenvalue weighted by Gasteiger charge is -2.42. The lowest BCUT2D eigenvalue weighted by atomic mass is 9.78. The topological polar surface area (TPSA) is 89.5 Å². The van der Waals surface area contributed by atoms with Crippen LogP contribution in [-0.4, -0.2) is 52.8 Å². The van der Waals surface area contributed by atoms with Gasteiger partial charge in [0.1, 0.15) is 21.7 Å². The molecule has 3 aromatic heterocycles. The second-order valence-corrected chi connectivity index (χ2v) is 10.1. The summed E-state index contributed by atoms with van der Waals surface area (Å²) in [5.41, 5.74) is 1.82. The van der Waals surface area contributed by atoms with Crippen molar-refractivity contribution in [3.63, 3.8) is 0 Å². The van der Waals surface area contributed by atoms with Gasteiger partial charge in [-0.2, -0.15) is 0 Å². The fourth-order valence-corrected chi connectivity index (χ4v) is 6.56. The normalized spacial score (nSPS) is 20.1. The van der Waals surface area contributed by atoms with Crippen LogP contribution < -0.4 is 20.7 Å². The molecule has 1 saturated heterocycles. The van der Waals surface area contributed by atoms with Crippen LogP contribution in [0.15, 0.2) is 46.1 Å². The van der Waals surface area contributed by atoms with Crippen LogP contribution in [0.5, 0.6) is 11.5 Å². The van der Waals surface area contributed by atoms with Crippen LogP contribution in [0.25, 0.3) is 20.4 Å². The van der Waals surface area contributed by atoms with Crippen LogP contribution in [0.1, 0.15) is 24.3 Å². The van der Waals surface area contributed by atoms with E-state index in [0.29, 0.717) is 40.7 Å². The van der Waals surface area contributed by atoms with E-state index in [-0.39, 0.29) is 11.2 Å². The van der Waals surface area contributed by atoms with Gasteiger partial charge in [0.05, 0.1) is 23.9 Å². The van der Waals surface area contributed by atoms with E-state index in [1.54, 1.807) is 13.3 Å². The van der Waals surface area contributed by atoms with E-state index in [0.717, 1.165) is 48.7 Å². The smallest absolute Gasteiger partial charge is 0.328 e. The molecule has 0 bridgehead atoms. The lowest BCUT2D eigenvalue weighted by molar-refractivity contribution is 0.0899. The average Bonchev–Trinajstić information content (AvgIpc) is 3.24. The Balaban J connectivity index is 1.15. The van der Waals surface area contributed by atoms with Gasteiger partial charge in [-0.25, -0.2) is 4.79 Å². The number of rotatable bonds is 5. The van der Waals surface area contributed by atoms with Gasteiger partial charge in [-0.05, 0) is 56.1 Å². The Morgan fingerprint density at radius 2 is 2.15 bits per heavy atom. The van der Waals surface area contributed by atoms with Crippen molar-refractivity contribution in [2.45, 2.75) is 25.3 Å². The fourth-order valence-electron chi connectivity index (χ4n) is 5.49. The predicted molar refractivity (Wildman–Crippen MR) is 132 cm³/mol. The molecule has 0 saturated carbocycles. The number of H-pyrrole nitrogens is 1.